The van der Waals surface area contributed by atoms with Crippen LogP contribution in [0, 0.1) is 17.2 Å². The minimum Gasteiger partial charge on any atom is -0.308 e. The second-order valence-electron chi connectivity index (χ2n) is 8.03. The van der Waals surface area contributed by atoms with Crippen LogP contribution in [0.2, 0.25) is 5.02 Å². The summed E-state index contributed by atoms with van der Waals surface area (Å²) >= 11 is 6.37. The van der Waals surface area contributed by atoms with Gasteiger partial charge in [0.25, 0.3) is 0 Å². The van der Waals surface area contributed by atoms with E-state index in [4.69, 9.17) is 11.6 Å². The summed E-state index contributed by atoms with van der Waals surface area (Å²) in [5.74, 6) is 0.536. The van der Waals surface area contributed by atoms with Crippen LogP contribution in [0.1, 0.15) is 32.3 Å². The zero-order valence-corrected chi connectivity index (χ0v) is 19.1. The number of hydrogen-bond donors (Lipinski definition) is 2. The van der Waals surface area contributed by atoms with Crippen molar-refractivity contribution < 1.29 is 4.79 Å². The predicted octanol–water partition coefficient (Wildman–Crippen LogP) is 5.24. The second kappa shape index (κ2) is 9.69. The summed E-state index contributed by atoms with van der Waals surface area (Å²) in [5, 5.41) is 20.9. The Balaban J connectivity index is 0.00000272. The molecule has 4 rings (SSSR count). The van der Waals surface area contributed by atoms with E-state index in [1.54, 1.807) is 18.2 Å². The average Bonchev–Trinajstić information content (AvgIpc) is 3.16. The molecule has 3 aromatic rings. The van der Waals surface area contributed by atoms with Gasteiger partial charge in [-0.2, -0.15) is 10.4 Å². The number of amides is 1. The van der Waals surface area contributed by atoms with E-state index in [0.717, 1.165) is 48.0 Å². The summed E-state index contributed by atoms with van der Waals surface area (Å²) in [6, 6.07) is 13.6. The number of nitrogens with one attached hydrogen (secondary N) is 2. The lowest BCUT2D eigenvalue weighted by Crippen LogP contribution is -2.41. The molecule has 0 saturated carbocycles. The summed E-state index contributed by atoms with van der Waals surface area (Å²) in [6.07, 6.45) is 1.71. The first-order valence-electron chi connectivity index (χ1n) is 10.2. The molecule has 0 bridgehead atoms. The summed E-state index contributed by atoms with van der Waals surface area (Å²) in [6.45, 7) is 6.25. The Kier molecular flexibility index (Phi) is 7.22. The molecule has 0 aliphatic carbocycles. The number of H-pyrrole nitrogens is 1. The minimum absolute atomic E-state index is 0. The van der Waals surface area contributed by atoms with Gasteiger partial charge in [0.1, 0.15) is 0 Å². The third-order valence-corrected chi connectivity index (χ3v) is 6.17. The fourth-order valence-electron chi connectivity index (χ4n) is 3.99. The van der Waals surface area contributed by atoms with Gasteiger partial charge in [-0.1, -0.05) is 17.7 Å². The van der Waals surface area contributed by atoms with Crippen molar-refractivity contribution in [3.05, 3.63) is 47.0 Å². The van der Waals surface area contributed by atoms with Crippen LogP contribution in [0.3, 0.4) is 0 Å². The number of rotatable bonds is 4. The Bertz CT molecular complexity index is 1130. The lowest BCUT2D eigenvalue weighted by Gasteiger charge is -2.33. The lowest BCUT2D eigenvalue weighted by molar-refractivity contribution is -0.121. The number of likely N-dealkylation sites (tertiary alicyclic amines) is 1. The molecule has 1 aliphatic rings. The number of fused-ring (bicyclic) bond motifs is 1. The highest BCUT2D eigenvalue weighted by Crippen LogP contribution is 2.33. The van der Waals surface area contributed by atoms with Gasteiger partial charge in [0, 0.05) is 27.9 Å². The van der Waals surface area contributed by atoms with Crippen LogP contribution < -0.4 is 5.32 Å². The quantitative estimate of drug-likeness (QED) is 0.560. The molecule has 6 nitrogen and oxygen atoms in total. The largest absolute Gasteiger partial charge is 0.308 e. The van der Waals surface area contributed by atoms with E-state index < -0.39 is 0 Å². The first-order valence-corrected chi connectivity index (χ1v) is 10.6. The molecule has 0 radical (unpaired) electrons. The molecule has 2 aromatic carbocycles. The maximum absolute atomic E-state index is 12.8. The molecule has 0 spiro atoms. The maximum Gasteiger partial charge on any atom is 0.228 e. The van der Waals surface area contributed by atoms with Gasteiger partial charge in [-0.05, 0) is 75.7 Å². The van der Waals surface area contributed by atoms with Gasteiger partial charge in [0.15, 0.2) is 5.82 Å². The molecular weight excluding hydrogens is 433 g/mol. The summed E-state index contributed by atoms with van der Waals surface area (Å²) in [5.41, 5.74) is 3.02. The number of carbonyl (C=O) groups is 1. The van der Waals surface area contributed by atoms with Gasteiger partial charge in [0.2, 0.25) is 5.91 Å². The molecule has 0 unspecified atom stereocenters. The van der Waals surface area contributed by atoms with Crippen molar-refractivity contribution in [1.82, 2.24) is 15.1 Å². The van der Waals surface area contributed by atoms with E-state index in [0.29, 0.717) is 22.4 Å². The van der Waals surface area contributed by atoms with Crippen LogP contribution in [0.25, 0.3) is 22.0 Å². The number of aromatic amines is 1. The molecule has 31 heavy (non-hydrogen) atoms. The Hall–Kier alpha value is -2.59. The summed E-state index contributed by atoms with van der Waals surface area (Å²) in [4.78, 5) is 15.2. The number of halogens is 2. The molecule has 1 aromatic heterocycles. The smallest absolute Gasteiger partial charge is 0.228 e. The second-order valence-corrected chi connectivity index (χ2v) is 8.44. The Morgan fingerprint density at radius 3 is 2.68 bits per heavy atom. The number of anilines is 1. The number of nitrogens with zero attached hydrogens (tertiary/aromatic N) is 3. The van der Waals surface area contributed by atoms with Crippen molar-refractivity contribution in [3.63, 3.8) is 0 Å². The third kappa shape index (κ3) is 4.85. The Labute approximate surface area is 193 Å². The van der Waals surface area contributed by atoms with Crippen molar-refractivity contribution >= 4 is 46.6 Å². The third-order valence-electron chi connectivity index (χ3n) is 5.84. The van der Waals surface area contributed by atoms with Crippen LogP contribution >= 0.6 is 24.0 Å². The zero-order valence-electron chi connectivity index (χ0n) is 17.5. The van der Waals surface area contributed by atoms with Crippen LogP contribution in [0.15, 0.2) is 36.4 Å². The molecule has 1 fully saturated rings. The van der Waals surface area contributed by atoms with Gasteiger partial charge in [-0.15, -0.1) is 12.4 Å². The van der Waals surface area contributed by atoms with Gasteiger partial charge in [-0.3, -0.25) is 9.89 Å². The molecule has 8 heteroatoms. The Morgan fingerprint density at radius 2 is 2.00 bits per heavy atom. The number of benzene rings is 2. The monoisotopic (exact) mass is 457 g/mol. The highest BCUT2D eigenvalue weighted by atomic mass is 35.5. The minimum atomic E-state index is -0.00307. The number of hydrogen-bond acceptors (Lipinski definition) is 4. The van der Waals surface area contributed by atoms with Crippen LogP contribution in [0.5, 0.6) is 0 Å². The van der Waals surface area contributed by atoms with Crippen molar-refractivity contribution in [1.29, 1.82) is 5.26 Å². The standard InChI is InChI=1S/C23H24ClN5O.ClH/c1-14(2)29-9-7-16(8-10-29)23(30)26-22-19-12-17(4-6-21(19)27-28-22)18-11-15(13-25)3-5-20(18)24;/h3-6,11-12,14,16H,7-10H2,1-2H3,(H2,26,27,28,30);1H. The van der Waals surface area contributed by atoms with Crippen LogP contribution in [-0.2, 0) is 4.79 Å². The number of carbonyl (C=O) groups excluding carboxylic acids is 1. The average molecular weight is 458 g/mol. The molecule has 1 aliphatic heterocycles. The van der Waals surface area contributed by atoms with Crippen molar-refractivity contribution in [2.45, 2.75) is 32.7 Å². The zero-order chi connectivity index (χ0) is 21.3. The normalized spacial score (nSPS) is 14.9. The van der Waals surface area contributed by atoms with E-state index in [9.17, 15) is 10.1 Å². The van der Waals surface area contributed by atoms with Crippen molar-refractivity contribution in [3.8, 4) is 17.2 Å². The predicted molar refractivity (Wildman–Crippen MR) is 127 cm³/mol. The van der Waals surface area contributed by atoms with E-state index >= 15 is 0 Å². The van der Waals surface area contributed by atoms with Crippen molar-refractivity contribution in [2.75, 3.05) is 18.4 Å². The summed E-state index contributed by atoms with van der Waals surface area (Å²) in [7, 11) is 0. The number of piperidine rings is 1. The highest BCUT2D eigenvalue weighted by molar-refractivity contribution is 6.33. The SMILES string of the molecule is CC(C)N1CCC(C(=O)Nc2n[nH]c3ccc(-c4cc(C#N)ccc4Cl)cc23)CC1.Cl. The Morgan fingerprint density at radius 1 is 1.26 bits per heavy atom. The van der Waals surface area contributed by atoms with Gasteiger partial charge in [0.05, 0.1) is 17.1 Å². The molecular formula is C23H25Cl2N5O. The molecule has 2 heterocycles. The summed E-state index contributed by atoms with van der Waals surface area (Å²) < 4.78 is 0. The first-order chi connectivity index (χ1) is 14.5. The molecule has 0 atom stereocenters. The number of nitriles is 1. The van der Waals surface area contributed by atoms with Gasteiger partial charge in [-0.25, -0.2) is 0 Å². The molecule has 2 N–H and O–H groups in total. The maximum atomic E-state index is 12.8. The van der Waals surface area contributed by atoms with E-state index in [1.807, 2.05) is 18.2 Å². The van der Waals surface area contributed by atoms with Gasteiger partial charge < -0.3 is 10.2 Å². The lowest BCUT2D eigenvalue weighted by atomic mass is 9.95. The van der Waals surface area contributed by atoms with E-state index in [-0.39, 0.29) is 24.2 Å². The topological polar surface area (TPSA) is 84.8 Å². The molecule has 1 saturated heterocycles. The fraction of sp³-hybridized carbons (Fsp3) is 0.348. The highest BCUT2D eigenvalue weighted by Gasteiger charge is 2.26. The van der Waals surface area contributed by atoms with E-state index in [1.165, 1.54) is 0 Å². The van der Waals surface area contributed by atoms with Crippen molar-refractivity contribution in [2.24, 2.45) is 5.92 Å². The number of aromatic nitrogens is 2. The molecule has 1 amide bonds. The van der Waals surface area contributed by atoms with Crippen LogP contribution in [-0.4, -0.2) is 40.1 Å². The van der Waals surface area contributed by atoms with E-state index in [2.05, 4.69) is 40.3 Å². The van der Waals surface area contributed by atoms with Gasteiger partial charge >= 0.3 is 0 Å². The molecule has 162 valence electrons. The van der Waals surface area contributed by atoms with Crippen LogP contribution in [0.4, 0.5) is 5.82 Å². The fourth-order valence-corrected chi connectivity index (χ4v) is 4.22. The first kappa shape index (κ1) is 23.1.